The number of hydrogen-bond acceptors (Lipinski definition) is 3. The van der Waals surface area contributed by atoms with Crippen LogP contribution in [0.1, 0.15) is 31.9 Å². The van der Waals surface area contributed by atoms with Crippen LogP contribution in [0, 0.1) is 0 Å². The molecule has 1 aliphatic heterocycles. The van der Waals surface area contributed by atoms with Crippen LogP contribution in [-0.4, -0.2) is 24.8 Å². The lowest BCUT2D eigenvalue weighted by molar-refractivity contribution is -0.136. The molecule has 102 valence electrons. The molecule has 1 aliphatic rings. The molecule has 4 heteroatoms. The Labute approximate surface area is 113 Å². The molecule has 0 saturated carbocycles. The van der Waals surface area contributed by atoms with Gasteiger partial charge in [-0.15, -0.1) is 0 Å². The van der Waals surface area contributed by atoms with Crippen molar-refractivity contribution in [3.63, 3.8) is 0 Å². The van der Waals surface area contributed by atoms with Crippen molar-refractivity contribution in [2.75, 3.05) is 13.2 Å². The van der Waals surface area contributed by atoms with E-state index in [2.05, 4.69) is 11.4 Å². The van der Waals surface area contributed by atoms with Gasteiger partial charge in [0.25, 0.3) is 5.91 Å². The van der Waals surface area contributed by atoms with Crippen LogP contribution >= 0.6 is 0 Å². The number of carbonyl (C=O) groups is 2. The fraction of sp³-hybridized carbons (Fsp3) is 0.467. The van der Waals surface area contributed by atoms with Crippen LogP contribution in [0.2, 0.25) is 0 Å². The van der Waals surface area contributed by atoms with E-state index in [1.165, 1.54) is 12.5 Å². The summed E-state index contributed by atoms with van der Waals surface area (Å²) in [6.07, 6.45) is 0.930. The Kier molecular flexibility index (Phi) is 3.60. The Bertz CT molecular complexity index is 520. The Morgan fingerprint density at radius 2 is 2.11 bits per heavy atom. The topological polar surface area (TPSA) is 55.4 Å². The van der Waals surface area contributed by atoms with Crippen LogP contribution < -0.4 is 10.1 Å². The second-order valence-corrected chi connectivity index (χ2v) is 5.54. The van der Waals surface area contributed by atoms with Crippen LogP contribution in [0.5, 0.6) is 5.75 Å². The molecule has 0 bridgehead atoms. The summed E-state index contributed by atoms with van der Waals surface area (Å²) in [6.45, 7) is 6.54. The molecule has 0 atom stereocenters. The van der Waals surface area contributed by atoms with Crippen molar-refractivity contribution in [1.29, 1.82) is 0 Å². The van der Waals surface area contributed by atoms with Crippen molar-refractivity contribution in [2.24, 2.45) is 0 Å². The zero-order valence-electron chi connectivity index (χ0n) is 11.6. The molecule has 1 aromatic rings. The number of benzene rings is 1. The number of ether oxygens (including phenoxy) is 1. The first-order valence-corrected chi connectivity index (χ1v) is 6.45. The van der Waals surface area contributed by atoms with Gasteiger partial charge >= 0.3 is 0 Å². The first-order valence-electron chi connectivity index (χ1n) is 6.45. The van der Waals surface area contributed by atoms with E-state index in [-0.39, 0.29) is 5.41 Å². The Hall–Kier alpha value is -1.84. The molecular weight excluding hydrogens is 242 g/mol. The average molecular weight is 261 g/mol. The number of rotatable bonds is 4. The minimum atomic E-state index is -0.530. The number of ketones is 1. The Balaban J connectivity index is 2.11. The molecule has 2 rings (SSSR count). The summed E-state index contributed by atoms with van der Waals surface area (Å²) in [4.78, 5) is 22.2. The molecule has 0 aliphatic carbocycles. The zero-order chi connectivity index (χ0) is 14.0. The van der Waals surface area contributed by atoms with Crippen LogP contribution in [0.15, 0.2) is 18.2 Å². The van der Waals surface area contributed by atoms with Gasteiger partial charge in [0.1, 0.15) is 5.75 Å². The summed E-state index contributed by atoms with van der Waals surface area (Å²) < 4.78 is 5.48. The molecule has 0 unspecified atom stereocenters. The third-order valence-corrected chi connectivity index (χ3v) is 3.48. The highest BCUT2D eigenvalue weighted by molar-refractivity contribution is 6.35. The SMILES string of the molecule is CC(=O)C(=O)NCC(C)(C)c1ccc2c(c1)CCO2. The quantitative estimate of drug-likeness (QED) is 0.838. The van der Waals surface area contributed by atoms with E-state index in [0.29, 0.717) is 6.54 Å². The summed E-state index contributed by atoms with van der Waals surface area (Å²) in [6, 6.07) is 6.12. The third-order valence-electron chi connectivity index (χ3n) is 3.48. The lowest BCUT2D eigenvalue weighted by Crippen LogP contribution is -2.39. The van der Waals surface area contributed by atoms with Gasteiger partial charge < -0.3 is 10.1 Å². The fourth-order valence-electron chi connectivity index (χ4n) is 2.14. The maximum absolute atomic E-state index is 11.3. The summed E-state index contributed by atoms with van der Waals surface area (Å²) in [5.41, 5.74) is 2.13. The molecule has 0 radical (unpaired) electrons. The average Bonchev–Trinajstić information content (AvgIpc) is 2.82. The molecule has 1 heterocycles. The fourth-order valence-corrected chi connectivity index (χ4v) is 2.14. The van der Waals surface area contributed by atoms with Crippen molar-refractivity contribution in [3.8, 4) is 5.75 Å². The van der Waals surface area contributed by atoms with E-state index in [4.69, 9.17) is 4.74 Å². The van der Waals surface area contributed by atoms with E-state index < -0.39 is 11.7 Å². The lowest BCUT2D eigenvalue weighted by Gasteiger charge is -2.26. The summed E-state index contributed by atoms with van der Waals surface area (Å²) in [5.74, 6) is -0.0388. The number of nitrogens with one attached hydrogen (secondary N) is 1. The van der Waals surface area contributed by atoms with Crippen molar-refractivity contribution in [2.45, 2.75) is 32.6 Å². The molecule has 1 aromatic carbocycles. The van der Waals surface area contributed by atoms with E-state index in [0.717, 1.165) is 24.3 Å². The molecule has 1 N–H and O–H groups in total. The molecule has 0 saturated heterocycles. The van der Waals surface area contributed by atoms with Gasteiger partial charge in [0, 0.05) is 25.3 Å². The molecule has 1 amide bonds. The molecule has 4 nitrogen and oxygen atoms in total. The second-order valence-electron chi connectivity index (χ2n) is 5.54. The number of fused-ring (bicyclic) bond motifs is 1. The predicted molar refractivity (Wildman–Crippen MR) is 72.4 cm³/mol. The predicted octanol–water partition coefficient (Wildman–Crippen LogP) is 1.60. The van der Waals surface area contributed by atoms with Gasteiger partial charge in [-0.2, -0.15) is 0 Å². The molecular formula is C15H19NO3. The van der Waals surface area contributed by atoms with Crippen molar-refractivity contribution in [1.82, 2.24) is 5.32 Å². The first-order chi connectivity index (χ1) is 8.90. The van der Waals surface area contributed by atoms with Gasteiger partial charge in [0.05, 0.1) is 6.61 Å². The highest BCUT2D eigenvalue weighted by Crippen LogP contribution is 2.31. The summed E-state index contributed by atoms with van der Waals surface area (Å²) in [5, 5.41) is 2.67. The highest BCUT2D eigenvalue weighted by Gasteiger charge is 2.24. The second kappa shape index (κ2) is 5.03. The molecule has 19 heavy (non-hydrogen) atoms. The van der Waals surface area contributed by atoms with Gasteiger partial charge in [-0.3, -0.25) is 9.59 Å². The minimum Gasteiger partial charge on any atom is -0.493 e. The molecule has 0 aromatic heterocycles. The van der Waals surface area contributed by atoms with Crippen LogP contribution in [0.4, 0.5) is 0 Å². The van der Waals surface area contributed by atoms with Crippen molar-refractivity contribution >= 4 is 11.7 Å². The monoisotopic (exact) mass is 261 g/mol. The summed E-state index contributed by atoms with van der Waals surface area (Å²) in [7, 11) is 0. The number of hydrogen-bond donors (Lipinski definition) is 1. The van der Waals surface area contributed by atoms with Gasteiger partial charge in [0.15, 0.2) is 0 Å². The van der Waals surface area contributed by atoms with Gasteiger partial charge in [-0.25, -0.2) is 0 Å². The smallest absolute Gasteiger partial charge is 0.287 e. The zero-order valence-corrected chi connectivity index (χ0v) is 11.6. The van der Waals surface area contributed by atoms with E-state index in [1.54, 1.807) is 0 Å². The number of amides is 1. The lowest BCUT2D eigenvalue weighted by atomic mass is 9.83. The summed E-state index contributed by atoms with van der Waals surface area (Å²) >= 11 is 0. The van der Waals surface area contributed by atoms with Crippen molar-refractivity contribution < 1.29 is 14.3 Å². The van der Waals surface area contributed by atoms with E-state index in [1.807, 2.05) is 26.0 Å². The Morgan fingerprint density at radius 3 is 2.79 bits per heavy atom. The van der Waals surface area contributed by atoms with Gasteiger partial charge in [0.2, 0.25) is 5.78 Å². The highest BCUT2D eigenvalue weighted by atomic mass is 16.5. The number of Topliss-reactive ketones (excluding diaryl/α,β-unsaturated/α-hetero) is 1. The van der Waals surface area contributed by atoms with Crippen molar-refractivity contribution in [3.05, 3.63) is 29.3 Å². The normalized spacial score (nSPS) is 13.6. The largest absolute Gasteiger partial charge is 0.493 e. The molecule has 0 spiro atoms. The minimum absolute atomic E-state index is 0.220. The first kappa shape index (κ1) is 13.6. The molecule has 0 fully saturated rings. The van der Waals surface area contributed by atoms with Crippen LogP contribution in [-0.2, 0) is 21.4 Å². The number of carbonyl (C=O) groups excluding carboxylic acids is 2. The third kappa shape index (κ3) is 2.95. The van der Waals surface area contributed by atoms with E-state index in [9.17, 15) is 9.59 Å². The van der Waals surface area contributed by atoms with Crippen LogP contribution in [0.25, 0.3) is 0 Å². The van der Waals surface area contributed by atoms with Gasteiger partial charge in [-0.05, 0) is 17.2 Å². The van der Waals surface area contributed by atoms with Gasteiger partial charge in [-0.1, -0.05) is 26.0 Å². The Morgan fingerprint density at radius 1 is 1.37 bits per heavy atom. The van der Waals surface area contributed by atoms with E-state index >= 15 is 0 Å². The van der Waals surface area contributed by atoms with Crippen LogP contribution in [0.3, 0.4) is 0 Å². The maximum Gasteiger partial charge on any atom is 0.287 e. The standard InChI is InChI=1S/C15H19NO3/c1-10(17)14(18)16-9-15(2,3)12-4-5-13-11(8-12)6-7-19-13/h4-5,8H,6-7,9H2,1-3H3,(H,16,18). The maximum atomic E-state index is 11.3.